The van der Waals surface area contributed by atoms with Crippen LogP contribution in [0.3, 0.4) is 0 Å². The molecule has 1 aromatic heterocycles. The Balaban J connectivity index is 1.84. The van der Waals surface area contributed by atoms with Gasteiger partial charge in [0.15, 0.2) is 0 Å². The van der Waals surface area contributed by atoms with Crippen molar-refractivity contribution in [2.24, 2.45) is 0 Å². The third-order valence-corrected chi connectivity index (χ3v) is 4.51. The number of nitrogens with one attached hydrogen (secondary N) is 1. The van der Waals surface area contributed by atoms with E-state index in [2.05, 4.69) is 24.3 Å². The number of hydrogen-bond acceptors (Lipinski definition) is 4. The van der Waals surface area contributed by atoms with Crippen LogP contribution >= 0.6 is 11.3 Å². The van der Waals surface area contributed by atoms with Crippen molar-refractivity contribution < 1.29 is 5.11 Å². The van der Waals surface area contributed by atoms with E-state index in [4.69, 9.17) is 0 Å². The zero-order chi connectivity index (χ0) is 12.3. The number of aliphatic hydroxyl groups excluding tert-OH is 1. The summed E-state index contributed by atoms with van der Waals surface area (Å²) < 4.78 is 0. The van der Waals surface area contributed by atoms with E-state index in [1.54, 1.807) is 11.3 Å². The number of thiophene rings is 1. The zero-order valence-electron chi connectivity index (χ0n) is 10.6. The van der Waals surface area contributed by atoms with Gasteiger partial charge in [-0.1, -0.05) is 12.5 Å². The maximum Gasteiger partial charge on any atom is 0.102 e. The van der Waals surface area contributed by atoms with Gasteiger partial charge in [0.05, 0.1) is 0 Å². The van der Waals surface area contributed by atoms with Gasteiger partial charge in [-0.2, -0.15) is 0 Å². The van der Waals surface area contributed by atoms with E-state index in [9.17, 15) is 5.11 Å². The molecule has 3 nitrogen and oxygen atoms in total. The van der Waals surface area contributed by atoms with Crippen molar-refractivity contribution in [1.29, 1.82) is 0 Å². The molecule has 0 aliphatic carbocycles. The highest BCUT2D eigenvalue weighted by molar-refractivity contribution is 7.10. The van der Waals surface area contributed by atoms with Crippen LogP contribution in [0.1, 0.15) is 44.1 Å². The third kappa shape index (κ3) is 3.28. The first-order chi connectivity index (χ1) is 8.18. The van der Waals surface area contributed by atoms with E-state index in [0.717, 1.165) is 4.88 Å². The van der Waals surface area contributed by atoms with Crippen LogP contribution in [-0.4, -0.2) is 28.7 Å². The van der Waals surface area contributed by atoms with Crippen LogP contribution in [0.5, 0.6) is 0 Å². The highest BCUT2D eigenvalue weighted by atomic mass is 32.1. The van der Waals surface area contributed by atoms with Gasteiger partial charge >= 0.3 is 0 Å². The summed E-state index contributed by atoms with van der Waals surface area (Å²) in [6, 6.07) is 5.10. The first kappa shape index (κ1) is 13.0. The maximum absolute atomic E-state index is 10.0. The molecule has 2 N–H and O–H groups in total. The molecule has 4 heteroatoms. The standard InChI is InChI=1S/C13H22N2OS/c1-10-5-3-6-11(2)15(10)14-9-12(16)13-7-4-8-17-13/h4,7-8,10-12,14,16H,3,5-6,9H2,1-2H3. The van der Waals surface area contributed by atoms with Crippen molar-refractivity contribution in [3.05, 3.63) is 22.4 Å². The molecule has 3 unspecified atom stereocenters. The molecule has 2 rings (SSSR count). The van der Waals surface area contributed by atoms with Crippen LogP contribution in [0.4, 0.5) is 0 Å². The molecule has 0 bridgehead atoms. The average molecular weight is 254 g/mol. The Labute approximate surface area is 107 Å². The minimum atomic E-state index is -0.392. The monoisotopic (exact) mass is 254 g/mol. The van der Waals surface area contributed by atoms with E-state index in [0.29, 0.717) is 18.6 Å². The van der Waals surface area contributed by atoms with E-state index in [1.807, 2.05) is 17.5 Å². The van der Waals surface area contributed by atoms with Gasteiger partial charge in [-0.3, -0.25) is 5.43 Å². The first-order valence-corrected chi connectivity index (χ1v) is 7.29. The van der Waals surface area contributed by atoms with Gasteiger partial charge in [0.1, 0.15) is 6.10 Å². The van der Waals surface area contributed by atoms with Crippen LogP contribution in [-0.2, 0) is 0 Å². The largest absolute Gasteiger partial charge is 0.386 e. The quantitative estimate of drug-likeness (QED) is 0.867. The van der Waals surface area contributed by atoms with Crippen LogP contribution in [0.2, 0.25) is 0 Å². The minimum Gasteiger partial charge on any atom is -0.386 e. The fourth-order valence-electron chi connectivity index (χ4n) is 2.51. The SMILES string of the molecule is CC1CCCC(C)N1NCC(O)c1cccs1. The van der Waals surface area contributed by atoms with Gasteiger partial charge in [-0.15, -0.1) is 11.3 Å². The molecular formula is C13H22N2OS. The molecule has 0 saturated carbocycles. The molecule has 1 aliphatic rings. The van der Waals surface area contributed by atoms with Crippen LogP contribution in [0, 0.1) is 0 Å². The molecule has 0 radical (unpaired) electrons. The maximum atomic E-state index is 10.0. The lowest BCUT2D eigenvalue weighted by Gasteiger charge is -2.39. The minimum absolute atomic E-state index is 0.392. The van der Waals surface area contributed by atoms with Gasteiger partial charge in [0.25, 0.3) is 0 Å². The lowest BCUT2D eigenvalue weighted by atomic mass is 10.00. The second kappa shape index (κ2) is 5.96. The number of hydrogen-bond donors (Lipinski definition) is 2. The predicted molar refractivity (Wildman–Crippen MR) is 71.9 cm³/mol. The molecule has 1 aromatic rings. The molecule has 0 spiro atoms. The Hall–Kier alpha value is -0.420. The fourth-order valence-corrected chi connectivity index (χ4v) is 3.22. The molecule has 0 amide bonds. The van der Waals surface area contributed by atoms with Gasteiger partial charge in [0.2, 0.25) is 0 Å². The smallest absolute Gasteiger partial charge is 0.102 e. The van der Waals surface area contributed by atoms with Crippen molar-refractivity contribution in [2.45, 2.75) is 51.3 Å². The van der Waals surface area contributed by atoms with E-state index < -0.39 is 6.10 Å². The molecular weight excluding hydrogens is 232 g/mol. The number of rotatable bonds is 4. The van der Waals surface area contributed by atoms with Gasteiger partial charge in [-0.25, -0.2) is 5.01 Å². The Bertz CT molecular complexity index is 318. The Kier molecular flexibility index (Phi) is 4.56. The fraction of sp³-hybridized carbons (Fsp3) is 0.692. The van der Waals surface area contributed by atoms with Crippen molar-refractivity contribution >= 4 is 11.3 Å². The van der Waals surface area contributed by atoms with Crippen LogP contribution in [0.15, 0.2) is 17.5 Å². The molecule has 96 valence electrons. The zero-order valence-corrected chi connectivity index (χ0v) is 11.4. The molecule has 1 fully saturated rings. The lowest BCUT2D eigenvalue weighted by Crippen LogP contribution is -2.52. The van der Waals surface area contributed by atoms with Crippen LogP contribution < -0.4 is 5.43 Å². The lowest BCUT2D eigenvalue weighted by molar-refractivity contribution is 0.0268. The van der Waals surface area contributed by atoms with Crippen molar-refractivity contribution in [3.63, 3.8) is 0 Å². The molecule has 17 heavy (non-hydrogen) atoms. The Morgan fingerprint density at radius 3 is 2.76 bits per heavy atom. The summed E-state index contributed by atoms with van der Waals surface area (Å²) in [6.45, 7) is 5.11. The molecule has 0 aromatic carbocycles. The highest BCUT2D eigenvalue weighted by Gasteiger charge is 2.24. The number of aliphatic hydroxyl groups is 1. The Morgan fingerprint density at radius 2 is 2.18 bits per heavy atom. The third-order valence-electron chi connectivity index (χ3n) is 3.53. The van der Waals surface area contributed by atoms with Crippen LogP contribution in [0.25, 0.3) is 0 Å². The topological polar surface area (TPSA) is 35.5 Å². The summed E-state index contributed by atoms with van der Waals surface area (Å²) in [5, 5.41) is 14.3. The summed E-state index contributed by atoms with van der Waals surface area (Å²) in [5.74, 6) is 0. The number of hydrazine groups is 1. The second-order valence-electron chi connectivity index (χ2n) is 4.93. The number of nitrogens with zero attached hydrogens (tertiary/aromatic N) is 1. The molecule has 1 saturated heterocycles. The van der Waals surface area contributed by atoms with Crippen molar-refractivity contribution in [3.8, 4) is 0 Å². The van der Waals surface area contributed by atoms with Crippen molar-refractivity contribution in [2.75, 3.05) is 6.54 Å². The van der Waals surface area contributed by atoms with E-state index in [1.165, 1.54) is 19.3 Å². The van der Waals surface area contributed by atoms with E-state index in [-0.39, 0.29) is 0 Å². The molecule has 1 aliphatic heterocycles. The summed E-state index contributed by atoms with van der Waals surface area (Å²) in [7, 11) is 0. The summed E-state index contributed by atoms with van der Waals surface area (Å²) >= 11 is 1.61. The van der Waals surface area contributed by atoms with E-state index >= 15 is 0 Å². The average Bonchev–Trinajstić information content (AvgIpc) is 2.81. The molecule has 3 atom stereocenters. The molecule has 2 heterocycles. The summed E-state index contributed by atoms with van der Waals surface area (Å²) in [4.78, 5) is 1.04. The van der Waals surface area contributed by atoms with Crippen molar-refractivity contribution in [1.82, 2.24) is 10.4 Å². The Morgan fingerprint density at radius 1 is 1.47 bits per heavy atom. The summed E-state index contributed by atoms with van der Waals surface area (Å²) in [5.41, 5.74) is 3.40. The number of piperidine rings is 1. The predicted octanol–water partition coefficient (Wildman–Crippen LogP) is 2.55. The normalized spacial score (nSPS) is 28.2. The van der Waals surface area contributed by atoms with Gasteiger partial charge in [-0.05, 0) is 38.1 Å². The first-order valence-electron chi connectivity index (χ1n) is 6.42. The second-order valence-corrected chi connectivity index (χ2v) is 5.91. The van der Waals surface area contributed by atoms with Gasteiger partial charge in [0, 0.05) is 23.5 Å². The van der Waals surface area contributed by atoms with Gasteiger partial charge < -0.3 is 5.11 Å². The summed E-state index contributed by atoms with van der Waals surface area (Å²) in [6.07, 6.45) is 3.41. The highest BCUT2D eigenvalue weighted by Crippen LogP contribution is 2.22.